The zero-order valence-corrected chi connectivity index (χ0v) is 19.7. The standard InChI is InChI=1S/C21H43ClN2O3S/c1-3-4-5-6-7-8-9-10-11-12-13-14-15-16-17-18-19-23-21(25)24-28(26,27)20(2)22/h20H,3-19H2,1-2H3,(H2,23,24,25). The van der Waals surface area contributed by atoms with Gasteiger partial charge < -0.3 is 5.32 Å². The first kappa shape index (κ1) is 27.5. The summed E-state index contributed by atoms with van der Waals surface area (Å²) in [6.07, 6.45) is 20.8. The van der Waals surface area contributed by atoms with E-state index in [0.29, 0.717) is 6.54 Å². The molecule has 0 bridgehead atoms. The summed E-state index contributed by atoms with van der Waals surface area (Å²) in [5.41, 5.74) is 0. The van der Waals surface area contributed by atoms with Crippen LogP contribution in [-0.2, 0) is 10.0 Å². The molecule has 7 heteroatoms. The second kappa shape index (κ2) is 18.5. The molecule has 0 rings (SSSR count). The highest BCUT2D eigenvalue weighted by molar-refractivity contribution is 7.91. The van der Waals surface area contributed by atoms with Crippen molar-refractivity contribution in [1.82, 2.24) is 10.0 Å². The maximum atomic E-state index is 11.5. The van der Waals surface area contributed by atoms with Crippen LogP contribution in [0.2, 0.25) is 0 Å². The highest BCUT2D eigenvalue weighted by Crippen LogP contribution is 2.13. The average Bonchev–Trinajstić information content (AvgIpc) is 2.63. The van der Waals surface area contributed by atoms with Crippen molar-refractivity contribution in [3.8, 4) is 0 Å². The molecule has 0 spiro atoms. The second-order valence-electron chi connectivity index (χ2n) is 7.75. The zero-order valence-electron chi connectivity index (χ0n) is 18.1. The van der Waals surface area contributed by atoms with E-state index in [0.717, 1.165) is 19.3 Å². The summed E-state index contributed by atoms with van der Waals surface area (Å²) in [4.78, 5) is 11.5. The molecular weight excluding hydrogens is 396 g/mol. The fourth-order valence-electron chi connectivity index (χ4n) is 3.12. The van der Waals surface area contributed by atoms with Crippen LogP contribution in [0, 0.1) is 0 Å². The number of sulfonamides is 1. The van der Waals surface area contributed by atoms with Gasteiger partial charge in [0.05, 0.1) is 0 Å². The van der Waals surface area contributed by atoms with Gasteiger partial charge in [0.15, 0.2) is 4.71 Å². The highest BCUT2D eigenvalue weighted by Gasteiger charge is 2.20. The Bertz CT molecular complexity index is 470. The Kier molecular flexibility index (Phi) is 18.2. The van der Waals surface area contributed by atoms with Gasteiger partial charge >= 0.3 is 6.03 Å². The van der Waals surface area contributed by atoms with E-state index in [-0.39, 0.29) is 0 Å². The van der Waals surface area contributed by atoms with Crippen molar-refractivity contribution >= 4 is 27.7 Å². The number of unbranched alkanes of at least 4 members (excludes halogenated alkanes) is 15. The normalized spacial score (nSPS) is 12.7. The molecule has 0 radical (unpaired) electrons. The third kappa shape index (κ3) is 17.6. The molecule has 0 aliphatic carbocycles. The van der Waals surface area contributed by atoms with E-state index in [2.05, 4.69) is 12.2 Å². The van der Waals surface area contributed by atoms with Gasteiger partial charge in [-0.25, -0.2) is 17.9 Å². The van der Waals surface area contributed by atoms with E-state index in [4.69, 9.17) is 11.6 Å². The smallest absolute Gasteiger partial charge is 0.328 e. The van der Waals surface area contributed by atoms with Crippen LogP contribution in [0.15, 0.2) is 0 Å². The molecule has 0 saturated carbocycles. The second-order valence-corrected chi connectivity index (χ2v) is 10.7. The van der Waals surface area contributed by atoms with Crippen molar-refractivity contribution in [1.29, 1.82) is 0 Å². The molecule has 0 heterocycles. The van der Waals surface area contributed by atoms with Crippen LogP contribution in [0.3, 0.4) is 0 Å². The predicted molar refractivity (Wildman–Crippen MR) is 120 cm³/mol. The third-order valence-electron chi connectivity index (χ3n) is 4.98. The van der Waals surface area contributed by atoms with Crippen LogP contribution < -0.4 is 10.0 Å². The lowest BCUT2D eigenvalue weighted by Gasteiger charge is -2.09. The number of alkyl halides is 1. The third-order valence-corrected chi connectivity index (χ3v) is 7.01. The number of nitrogens with one attached hydrogen (secondary N) is 2. The SMILES string of the molecule is CCCCCCCCCCCCCCCCCCNC(=O)NS(=O)(=O)C(C)Cl. The molecule has 0 fully saturated rings. The first-order chi connectivity index (χ1) is 13.4. The molecule has 5 nitrogen and oxygen atoms in total. The fraction of sp³-hybridized carbons (Fsp3) is 0.952. The largest absolute Gasteiger partial charge is 0.337 e. The van der Waals surface area contributed by atoms with Gasteiger partial charge in [-0.05, 0) is 13.3 Å². The fourth-order valence-corrected chi connectivity index (χ4v) is 3.75. The number of halogens is 1. The number of amides is 2. The zero-order chi connectivity index (χ0) is 21.1. The van der Waals surface area contributed by atoms with Gasteiger partial charge in [0, 0.05) is 6.54 Å². The summed E-state index contributed by atoms with van der Waals surface area (Å²) < 4.78 is 23.6. The van der Waals surface area contributed by atoms with Crippen LogP contribution in [0.4, 0.5) is 4.79 Å². The number of carbonyl (C=O) groups excluding carboxylic acids is 1. The van der Waals surface area contributed by atoms with E-state index in [1.165, 1.54) is 90.4 Å². The maximum Gasteiger partial charge on any atom is 0.328 e. The summed E-state index contributed by atoms with van der Waals surface area (Å²) in [6.45, 7) is 4.06. The Morgan fingerprint density at radius 1 is 0.750 bits per heavy atom. The number of rotatable bonds is 19. The van der Waals surface area contributed by atoms with E-state index >= 15 is 0 Å². The van der Waals surface area contributed by atoms with Gasteiger partial charge in [-0.1, -0.05) is 103 Å². The molecule has 0 aromatic carbocycles. The molecule has 2 amide bonds. The predicted octanol–water partition coefficient (Wildman–Crippen LogP) is 6.46. The van der Waals surface area contributed by atoms with Crippen LogP contribution in [0.25, 0.3) is 0 Å². The van der Waals surface area contributed by atoms with Crippen molar-refractivity contribution in [2.45, 2.75) is 121 Å². The monoisotopic (exact) mass is 438 g/mol. The Hall–Kier alpha value is -0.490. The first-order valence-corrected chi connectivity index (χ1v) is 13.3. The minimum absolute atomic E-state index is 0.483. The summed E-state index contributed by atoms with van der Waals surface area (Å²) in [7, 11) is -3.77. The van der Waals surface area contributed by atoms with E-state index in [1.807, 2.05) is 4.72 Å². The van der Waals surface area contributed by atoms with Gasteiger partial charge in [-0.3, -0.25) is 0 Å². The molecule has 2 N–H and O–H groups in total. The van der Waals surface area contributed by atoms with Crippen LogP contribution in [-0.4, -0.2) is 25.7 Å². The number of hydrogen-bond donors (Lipinski definition) is 2. The van der Waals surface area contributed by atoms with Crippen LogP contribution in [0.5, 0.6) is 0 Å². The van der Waals surface area contributed by atoms with Crippen molar-refractivity contribution in [2.75, 3.05) is 6.54 Å². The molecule has 28 heavy (non-hydrogen) atoms. The van der Waals surface area contributed by atoms with Gasteiger partial charge in [0.1, 0.15) is 0 Å². The summed E-state index contributed by atoms with van der Waals surface area (Å²) >= 11 is 5.49. The molecule has 0 aromatic rings. The number of carbonyl (C=O) groups is 1. The Morgan fingerprint density at radius 3 is 1.46 bits per heavy atom. The molecule has 168 valence electrons. The van der Waals surface area contributed by atoms with Gasteiger partial charge in [0.25, 0.3) is 10.0 Å². The Balaban J connectivity index is 3.27. The molecule has 1 unspecified atom stereocenters. The van der Waals surface area contributed by atoms with Gasteiger partial charge in [-0.15, -0.1) is 11.6 Å². The topological polar surface area (TPSA) is 75.3 Å². The Labute approximate surface area is 178 Å². The average molecular weight is 439 g/mol. The molecule has 0 aromatic heterocycles. The van der Waals surface area contributed by atoms with Crippen molar-refractivity contribution in [2.24, 2.45) is 0 Å². The number of urea groups is 1. The lowest BCUT2D eigenvalue weighted by Crippen LogP contribution is -2.42. The summed E-state index contributed by atoms with van der Waals surface area (Å²) in [6, 6.07) is -0.701. The lowest BCUT2D eigenvalue weighted by atomic mass is 10.0. The maximum absolute atomic E-state index is 11.5. The minimum atomic E-state index is -3.77. The molecule has 0 aliphatic heterocycles. The Morgan fingerprint density at radius 2 is 1.11 bits per heavy atom. The van der Waals surface area contributed by atoms with E-state index in [9.17, 15) is 13.2 Å². The van der Waals surface area contributed by atoms with Crippen molar-refractivity contribution < 1.29 is 13.2 Å². The van der Waals surface area contributed by atoms with Crippen molar-refractivity contribution in [3.05, 3.63) is 0 Å². The van der Waals surface area contributed by atoms with Crippen LogP contribution in [0.1, 0.15) is 117 Å². The molecular formula is C21H43ClN2O3S. The van der Waals surface area contributed by atoms with Gasteiger partial charge in [0.2, 0.25) is 0 Å². The summed E-state index contributed by atoms with van der Waals surface area (Å²) in [5, 5.41) is 2.56. The minimum Gasteiger partial charge on any atom is -0.337 e. The molecule has 1 atom stereocenters. The summed E-state index contributed by atoms with van der Waals surface area (Å²) in [5.74, 6) is 0. The quantitative estimate of drug-likeness (QED) is 0.179. The number of hydrogen-bond acceptors (Lipinski definition) is 3. The highest BCUT2D eigenvalue weighted by atomic mass is 35.5. The first-order valence-electron chi connectivity index (χ1n) is 11.3. The van der Waals surface area contributed by atoms with Gasteiger partial charge in [-0.2, -0.15) is 0 Å². The van der Waals surface area contributed by atoms with Crippen LogP contribution >= 0.6 is 11.6 Å². The van der Waals surface area contributed by atoms with E-state index in [1.54, 1.807) is 0 Å². The molecule has 0 saturated heterocycles. The van der Waals surface area contributed by atoms with E-state index < -0.39 is 20.8 Å². The van der Waals surface area contributed by atoms with Crippen molar-refractivity contribution in [3.63, 3.8) is 0 Å². The molecule has 0 aliphatic rings. The lowest BCUT2D eigenvalue weighted by molar-refractivity contribution is 0.245.